The lowest BCUT2D eigenvalue weighted by molar-refractivity contribution is 0.0701. The van der Waals surface area contributed by atoms with Crippen molar-refractivity contribution in [2.75, 3.05) is 0 Å². The third kappa shape index (κ3) is 3.59. The molecule has 1 aliphatic carbocycles. The van der Waals surface area contributed by atoms with Gasteiger partial charge >= 0.3 is 5.97 Å². The molecule has 0 unspecified atom stereocenters. The summed E-state index contributed by atoms with van der Waals surface area (Å²) in [6.45, 7) is 1.62. The van der Waals surface area contributed by atoms with E-state index in [1.165, 1.54) is 6.07 Å². The van der Waals surface area contributed by atoms with E-state index in [1.807, 2.05) is 0 Å². The minimum Gasteiger partial charge on any atom is -0.477 e. The Balaban J connectivity index is 2.17. The van der Waals surface area contributed by atoms with Crippen molar-refractivity contribution in [1.82, 2.24) is 4.72 Å². The summed E-state index contributed by atoms with van der Waals surface area (Å²) in [5.41, 5.74) is 0.490. The van der Waals surface area contributed by atoms with Gasteiger partial charge in [0, 0.05) is 6.04 Å². The maximum absolute atomic E-state index is 12.3. The van der Waals surface area contributed by atoms with Gasteiger partial charge in [-0.1, -0.05) is 25.7 Å². The van der Waals surface area contributed by atoms with Gasteiger partial charge in [0.1, 0.15) is 9.09 Å². The predicted octanol–water partition coefficient (Wildman–Crippen LogP) is 2.76. The van der Waals surface area contributed by atoms with Gasteiger partial charge in [0.05, 0.1) is 0 Å². The summed E-state index contributed by atoms with van der Waals surface area (Å²) < 4.78 is 27.4. The van der Waals surface area contributed by atoms with Crippen LogP contribution in [0.25, 0.3) is 0 Å². The van der Waals surface area contributed by atoms with E-state index in [2.05, 4.69) is 4.72 Å². The molecule has 0 radical (unpaired) electrons. The van der Waals surface area contributed by atoms with Crippen LogP contribution >= 0.6 is 11.3 Å². The first kappa shape index (κ1) is 15.5. The first-order valence-corrected chi connectivity index (χ1v) is 9.06. The number of aryl methyl sites for hydroxylation is 1. The molecule has 0 amide bonds. The number of aromatic carboxylic acids is 1. The van der Waals surface area contributed by atoms with Crippen molar-refractivity contribution >= 4 is 27.3 Å². The number of carboxylic acids is 1. The van der Waals surface area contributed by atoms with Crippen LogP contribution in [-0.4, -0.2) is 25.5 Å². The fourth-order valence-corrected chi connectivity index (χ4v) is 5.17. The molecule has 0 aliphatic heterocycles. The van der Waals surface area contributed by atoms with Crippen LogP contribution in [-0.2, 0) is 10.0 Å². The third-order valence-electron chi connectivity index (χ3n) is 3.53. The van der Waals surface area contributed by atoms with Gasteiger partial charge in [-0.05, 0) is 31.4 Å². The van der Waals surface area contributed by atoms with Crippen LogP contribution in [0.3, 0.4) is 0 Å². The molecule has 1 fully saturated rings. The largest absolute Gasteiger partial charge is 0.477 e. The van der Waals surface area contributed by atoms with E-state index >= 15 is 0 Å². The van der Waals surface area contributed by atoms with Crippen LogP contribution in [0.5, 0.6) is 0 Å². The Morgan fingerprint density at radius 2 is 1.90 bits per heavy atom. The van der Waals surface area contributed by atoms with Crippen molar-refractivity contribution in [3.63, 3.8) is 0 Å². The van der Waals surface area contributed by atoms with E-state index in [9.17, 15) is 13.2 Å². The number of sulfonamides is 1. The van der Waals surface area contributed by atoms with Crippen molar-refractivity contribution in [2.24, 2.45) is 0 Å². The molecule has 1 aromatic heterocycles. The van der Waals surface area contributed by atoms with E-state index < -0.39 is 16.0 Å². The number of carboxylic acid groups (broad SMARTS) is 1. The SMILES string of the molecule is Cc1cc(S(=O)(=O)NC2CCCCCC2)sc1C(=O)O. The summed E-state index contributed by atoms with van der Waals surface area (Å²) >= 11 is 0.818. The zero-order chi connectivity index (χ0) is 14.8. The van der Waals surface area contributed by atoms with Gasteiger partial charge in [-0.25, -0.2) is 17.9 Å². The molecule has 2 N–H and O–H groups in total. The average Bonchev–Trinajstić information content (AvgIpc) is 2.59. The lowest BCUT2D eigenvalue weighted by Crippen LogP contribution is -2.33. The molecule has 0 aromatic carbocycles. The predicted molar refractivity (Wildman–Crippen MR) is 77.8 cm³/mol. The Morgan fingerprint density at radius 1 is 1.30 bits per heavy atom. The molecule has 5 nitrogen and oxygen atoms in total. The second-order valence-electron chi connectivity index (χ2n) is 5.19. The molecule has 1 aromatic rings. The second-order valence-corrected chi connectivity index (χ2v) is 8.19. The molecule has 0 atom stereocenters. The minimum atomic E-state index is -3.61. The molecule has 0 bridgehead atoms. The van der Waals surface area contributed by atoms with Crippen LogP contribution in [0.15, 0.2) is 10.3 Å². The number of rotatable bonds is 4. The average molecular weight is 317 g/mol. The Morgan fingerprint density at radius 3 is 2.40 bits per heavy atom. The van der Waals surface area contributed by atoms with Gasteiger partial charge in [-0.15, -0.1) is 11.3 Å². The molecule has 112 valence electrons. The van der Waals surface area contributed by atoms with Gasteiger partial charge in [-0.2, -0.15) is 0 Å². The van der Waals surface area contributed by atoms with Crippen LogP contribution in [0.1, 0.15) is 53.8 Å². The van der Waals surface area contributed by atoms with Crippen LogP contribution in [0.2, 0.25) is 0 Å². The minimum absolute atomic E-state index is 0.0295. The van der Waals surface area contributed by atoms with Crippen molar-refractivity contribution in [1.29, 1.82) is 0 Å². The summed E-state index contributed by atoms with van der Waals surface area (Å²) in [5.74, 6) is -1.08. The van der Waals surface area contributed by atoms with Gasteiger partial charge in [0.2, 0.25) is 10.0 Å². The van der Waals surface area contributed by atoms with Crippen molar-refractivity contribution in [3.8, 4) is 0 Å². The summed E-state index contributed by atoms with van der Waals surface area (Å²) in [4.78, 5) is 11.1. The quantitative estimate of drug-likeness (QED) is 0.836. The van der Waals surface area contributed by atoms with Crippen molar-refractivity contribution in [2.45, 2.75) is 55.7 Å². The van der Waals surface area contributed by atoms with Crippen LogP contribution in [0.4, 0.5) is 0 Å². The van der Waals surface area contributed by atoms with Gasteiger partial charge < -0.3 is 5.11 Å². The van der Waals surface area contributed by atoms with Gasteiger partial charge in [0.15, 0.2) is 0 Å². The Labute approximate surface area is 123 Å². The number of hydrogen-bond acceptors (Lipinski definition) is 4. The van der Waals surface area contributed by atoms with E-state index in [-0.39, 0.29) is 15.1 Å². The fraction of sp³-hybridized carbons (Fsp3) is 0.615. The van der Waals surface area contributed by atoms with Gasteiger partial charge in [0.25, 0.3) is 0 Å². The zero-order valence-electron chi connectivity index (χ0n) is 11.4. The highest BCUT2D eigenvalue weighted by atomic mass is 32.2. The molecule has 2 rings (SSSR count). The fourth-order valence-electron chi connectivity index (χ4n) is 2.47. The summed E-state index contributed by atoms with van der Waals surface area (Å²) in [7, 11) is -3.61. The number of nitrogens with one attached hydrogen (secondary N) is 1. The van der Waals surface area contributed by atoms with E-state index in [4.69, 9.17) is 5.11 Å². The Bertz CT molecular complexity index is 584. The molecule has 20 heavy (non-hydrogen) atoms. The summed E-state index contributed by atoms with van der Waals surface area (Å²) in [5, 5.41) is 9.00. The molecule has 0 saturated heterocycles. The monoisotopic (exact) mass is 317 g/mol. The molecule has 1 saturated carbocycles. The molecular formula is C13H19NO4S2. The Hall–Kier alpha value is -0.920. The van der Waals surface area contributed by atoms with Crippen molar-refractivity contribution in [3.05, 3.63) is 16.5 Å². The highest BCUT2D eigenvalue weighted by molar-refractivity contribution is 7.91. The van der Waals surface area contributed by atoms with E-state index in [1.54, 1.807) is 6.92 Å². The van der Waals surface area contributed by atoms with E-state index in [0.29, 0.717) is 5.56 Å². The number of carbonyl (C=O) groups is 1. The zero-order valence-corrected chi connectivity index (χ0v) is 13.0. The molecule has 0 spiro atoms. The second kappa shape index (κ2) is 6.24. The number of hydrogen-bond donors (Lipinski definition) is 2. The standard InChI is InChI=1S/C13H19NO4S2/c1-9-8-11(19-12(9)13(15)16)20(17,18)14-10-6-4-2-3-5-7-10/h8,10,14H,2-7H2,1H3,(H,15,16). The highest BCUT2D eigenvalue weighted by Gasteiger charge is 2.25. The molecule has 1 aliphatic rings. The molecular weight excluding hydrogens is 298 g/mol. The maximum Gasteiger partial charge on any atom is 0.346 e. The molecule has 7 heteroatoms. The van der Waals surface area contributed by atoms with Crippen molar-refractivity contribution < 1.29 is 18.3 Å². The maximum atomic E-state index is 12.3. The van der Waals surface area contributed by atoms with E-state index in [0.717, 1.165) is 49.9 Å². The topological polar surface area (TPSA) is 83.5 Å². The number of thiophene rings is 1. The first-order chi connectivity index (χ1) is 9.40. The Kier molecular flexibility index (Phi) is 4.82. The third-order valence-corrected chi connectivity index (χ3v) is 6.75. The lowest BCUT2D eigenvalue weighted by Gasteiger charge is -2.15. The first-order valence-electron chi connectivity index (χ1n) is 6.76. The summed E-state index contributed by atoms with van der Waals surface area (Å²) in [6.07, 6.45) is 6.10. The summed E-state index contributed by atoms with van der Waals surface area (Å²) in [6, 6.07) is 1.41. The van der Waals surface area contributed by atoms with Gasteiger partial charge in [-0.3, -0.25) is 0 Å². The smallest absolute Gasteiger partial charge is 0.346 e. The lowest BCUT2D eigenvalue weighted by atomic mass is 10.1. The molecule has 1 heterocycles. The van der Waals surface area contributed by atoms with Crippen LogP contribution in [0, 0.1) is 6.92 Å². The normalized spacial score (nSPS) is 17.9. The van der Waals surface area contributed by atoms with Crippen LogP contribution < -0.4 is 4.72 Å². The highest BCUT2D eigenvalue weighted by Crippen LogP contribution is 2.27.